The Hall–Kier alpha value is -1.42. The van der Waals surface area contributed by atoms with Gasteiger partial charge < -0.3 is 4.74 Å². The van der Waals surface area contributed by atoms with E-state index in [1.165, 1.54) is 20.1 Å². The molecule has 0 aliphatic heterocycles. The van der Waals surface area contributed by atoms with E-state index in [0.29, 0.717) is 30.4 Å². The van der Waals surface area contributed by atoms with Crippen LogP contribution in [0.5, 0.6) is 5.75 Å². The Bertz CT molecular complexity index is 642. The van der Waals surface area contributed by atoms with Crippen LogP contribution in [0.1, 0.15) is 61.9 Å². The number of hydrogen-bond acceptors (Lipinski definition) is 3. The SMILES string of the molecule is CCCCC1(CC(C)=O)CCc2c(cc(F)c(OC)c2Cl)C1=O. The van der Waals surface area contributed by atoms with E-state index in [1.807, 2.05) is 6.92 Å². The number of ether oxygens (including phenoxy) is 1. The number of carbonyl (C=O) groups excluding carboxylic acids is 2. The molecule has 1 atom stereocenters. The second-order valence-electron chi connectivity index (χ2n) is 6.32. The molecular weight excluding hydrogens is 319 g/mol. The first-order valence-corrected chi connectivity index (χ1v) is 8.33. The van der Waals surface area contributed by atoms with Crippen LogP contribution in [0.15, 0.2) is 6.07 Å². The van der Waals surface area contributed by atoms with E-state index < -0.39 is 11.2 Å². The quantitative estimate of drug-likeness (QED) is 0.749. The number of methoxy groups -OCH3 is 1. The van der Waals surface area contributed by atoms with E-state index in [0.717, 1.165) is 12.8 Å². The third-order valence-corrected chi connectivity index (χ3v) is 5.06. The van der Waals surface area contributed by atoms with Crippen LogP contribution in [-0.2, 0) is 11.2 Å². The van der Waals surface area contributed by atoms with Crippen LogP contribution in [-0.4, -0.2) is 18.7 Å². The van der Waals surface area contributed by atoms with Crippen LogP contribution in [0.2, 0.25) is 5.02 Å². The highest BCUT2D eigenvalue weighted by Crippen LogP contribution is 2.46. The Kier molecular flexibility index (Phi) is 5.45. The van der Waals surface area contributed by atoms with Crippen LogP contribution >= 0.6 is 11.6 Å². The maximum absolute atomic E-state index is 14.1. The minimum Gasteiger partial charge on any atom is -0.492 e. The standard InChI is InChI=1S/C18H22ClFO3/c1-4-5-7-18(10-11(2)21)8-6-12-13(17(18)22)9-14(20)16(23-3)15(12)19/h9H,4-8,10H2,1-3H3. The average molecular weight is 341 g/mol. The fourth-order valence-electron chi connectivity index (χ4n) is 3.52. The van der Waals surface area contributed by atoms with Gasteiger partial charge in [-0.05, 0) is 37.8 Å². The van der Waals surface area contributed by atoms with Crippen LogP contribution in [0.25, 0.3) is 0 Å². The molecule has 1 aromatic rings. The molecule has 0 bridgehead atoms. The summed E-state index contributed by atoms with van der Waals surface area (Å²) in [6, 6.07) is 1.21. The van der Waals surface area contributed by atoms with Gasteiger partial charge in [0.15, 0.2) is 17.3 Å². The maximum atomic E-state index is 14.1. The highest BCUT2D eigenvalue weighted by molar-refractivity contribution is 6.33. The van der Waals surface area contributed by atoms with Crippen molar-refractivity contribution in [2.75, 3.05) is 7.11 Å². The lowest BCUT2D eigenvalue weighted by molar-refractivity contribution is -0.119. The van der Waals surface area contributed by atoms with Gasteiger partial charge in [0.25, 0.3) is 0 Å². The van der Waals surface area contributed by atoms with Crippen molar-refractivity contribution in [3.63, 3.8) is 0 Å². The lowest BCUT2D eigenvalue weighted by Gasteiger charge is -2.36. The lowest BCUT2D eigenvalue weighted by Crippen LogP contribution is -2.38. The van der Waals surface area contributed by atoms with E-state index in [-0.39, 0.29) is 28.8 Å². The molecule has 0 saturated carbocycles. The van der Waals surface area contributed by atoms with Gasteiger partial charge in [-0.2, -0.15) is 0 Å². The Morgan fingerprint density at radius 2 is 2.17 bits per heavy atom. The number of ketones is 2. The molecule has 0 heterocycles. The second kappa shape index (κ2) is 7.00. The van der Waals surface area contributed by atoms with Crippen LogP contribution in [0.4, 0.5) is 4.39 Å². The normalized spacial score (nSPS) is 20.3. The molecule has 0 amide bonds. The van der Waals surface area contributed by atoms with Gasteiger partial charge in [0.1, 0.15) is 5.78 Å². The summed E-state index contributed by atoms with van der Waals surface area (Å²) < 4.78 is 19.1. The Morgan fingerprint density at radius 3 is 2.74 bits per heavy atom. The molecule has 5 heteroatoms. The summed E-state index contributed by atoms with van der Waals surface area (Å²) >= 11 is 6.22. The summed E-state index contributed by atoms with van der Waals surface area (Å²) in [5, 5.41) is 0.169. The van der Waals surface area contributed by atoms with Crippen molar-refractivity contribution < 1.29 is 18.7 Å². The van der Waals surface area contributed by atoms with E-state index in [2.05, 4.69) is 0 Å². The first kappa shape index (κ1) is 17.9. The third kappa shape index (κ3) is 3.27. The minimum atomic E-state index is -0.723. The number of Topliss-reactive ketones (excluding diaryl/α,β-unsaturated/α-hetero) is 2. The molecule has 0 fully saturated rings. The van der Waals surface area contributed by atoms with Crippen LogP contribution < -0.4 is 4.74 Å². The summed E-state index contributed by atoms with van der Waals surface area (Å²) in [5.41, 5.74) is 0.210. The number of carbonyl (C=O) groups is 2. The van der Waals surface area contributed by atoms with E-state index in [4.69, 9.17) is 16.3 Å². The van der Waals surface area contributed by atoms with Crippen molar-refractivity contribution in [2.24, 2.45) is 5.41 Å². The van der Waals surface area contributed by atoms with Gasteiger partial charge in [0, 0.05) is 17.4 Å². The highest BCUT2D eigenvalue weighted by Gasteiger charge is 2.44. The zero-order valence-corrected chi connectivity index (χ0v) is 14.6. The summed E-state index contributed by atoms with van der Waals surface area (Å²) in [6.07, 6.45) is 3.77. The molecule has 0 radical (unpaired) electrons. The summed E-state index contributed by atoms with van der Waals surface area (Å²) in [6.45, 7) is 3.54. The molecule has 23 heavy (non-hydrogen) atoms. The van der Waals surface area contributed by atoms with Crippen molar-refractivity contribution in [3.05, 3.63) is 28.0 Å². The zero-order chi connectivity index (χ0) is 17.2. The first-order valence-electron chi connectivity index (χ1n) is 7.95. The largest absolute Gasteiger partial charge is 0.492 e. The number of fused-ring (bicyclic) bond motifs is 1. The average Bonchev–Trinajstić information content (AvgIpc) is 2.49. The molecule has 0 saturated heterocycles. The summed E-state index contributed by atoms with van der Waals surface area (Å²) in [5.74, 6) is -0.839. The topological polar surface area (TPSA) is 43.4 Å². The molecular formula is C18H22ClFO3. The van der Waals surface area contributed by atoms with Gasteiger partial charge >= 0.3 is 0 Å². The summed E-state index contributed by atoms with van der Waals surface area (Å²) in [7, 11) is 1.35. The Labute approximate surface area is 141 Å². The molecule has 1 aliphatic rings. The fraction of sp³-hybridized carbons (Fsp3) is 0.556. The third-order valence-electron chi connectivity index (χ3n) is 4.66. The van der Waals surface area contributed by atoms with E-state index >= 15 is 0 Å². The van der Waals surface area contributed by atoms with Crippen molar-refractivity contribution in [2.45, 2.75) is 52.4 Å². The molecule has 1 aliphatic carbocycles. The first-order chi connectivity index (χ1) is 10.9. The highest BCUT2D eigenvalue weighted by atomic mass is 35.5. The lowest BCUT2D eigenvalue weighted by atomic mass is 9.65. The minimum absolute atomic E-state index is 0.0158. The zero-order valence-electron chi connectivity index (χ0n) is 13.8. The monoisotopic (exact) mass is 340 g/mol. The van der Waals surface area contributed by atoms with Gasteiger partial charge in [-0.25, -0.2) is 4.39 Å². The predicted molar refractivity (Wildman–Crippen MR) is 87.9 cm³/mol. The number of benzene rings is 1. The number of halogens is 2. The van der Waals surface area contributed by atoms with Crippen LogP contribution in [0, 0.1) is 11.2 Å². The summed E-state index contributed by atoms with van der Waals surface area (Å²) in [4.78, 5) is 24.8. The van der Waals surface area contributed by atoms with Crippen molar-refractivity contribution >= 4 is 23.2 Å². The van der Waals surface area contributed by atoms with Gasteiger partial charge in [-0.3, -0.25) is 9.59 Å². The number of hydrogen-bond donors (Lipinski definition) is 0. The van der Waals surface area contributed by atoms with Crippen LogP contribution in [0.3, 0.4) is 0 Å². The van der Waals surface area contributed by atoms with Gasteiger partial charge in [-0.15, -0.1) is 0 Å². The molecule has 3 nitrogen and oxygen atoms in total. The van der Waals surface area contributed by atoms with E-state index in [1.54, 1.807) is 0 Å². The second-order valence-corrected chi connectivity index (χ2v) is 6.70. The van der Waals surface area contributed by atoms with E-state index in [9.17, 15) is 14.0 Å². The molecule has 1 unspecified atom stereocenters. The smallest absolute Gasteiger partial charge is 0.173 e. The number of rotatable bonds is 6. The Morgan fingerprint density at radius 1 is 1.48 bits per heavy atom. The van der Waals surface area contributed by atoms with Gasteiger partial charge in [0.05, 0.1) is 12.1 Å². The molecule has 0 N–H and O–H groups in total. The van der Waals surface area contributed by atoms with Crippen molar-refractivity contribution in [1.29, 1.82) is 0 Å². The molecule has 0 aromatic heterocycles. The molecule has 0 spiro atoms. The molecule has 126 valence electrons. The maximum Gasteiger partial charge on any atom is 0.173 e. The predicted octanol–water partition coefficient (Wildman–Crippen LogP) is 4.77. The van der Waals surface area contributed by atoms with Gasteiger partial charge in [-0.1, -0.05) is 31.4 Å². The fourth-order valence-corrected chi connectivity index (χ4v) is 3.89. The molecule has 2 rings (SSSR count). The van der Waals surface area contributed by atoms with Gasteiger partial charge in [0.2, 0.25) is 0 Å². The Balaban J connectivity index is 2.51. The molecule has 1 aromatic carbocycles. The number of unbranched alkanes of at least 4 members (excludes halogenated alkanes) is 1. The van der Waals surface area contributed by atoms with Crippen molar-refractivity contribution in [3.8, 4) is 5.75 Å². The van der Waals surface area contributed by atoms with Crippen molar-refractivity contribution in [1.82, 2.24) is 0 Å².